The minimum Gasteiger partial charge on any atom is -0.300 e. The van der Waals surface area contributed by atoms with Gasteiger partial charge in [-0.15, -0.1) is 0 Å². The van der Waals surface area contributed by atoms with Crippen molar-refractivity contribution in [1.82, 2.24) is 0 Å². The maximum absolute atomic E-state index is 11.3. The fourth-order valence-corrected chi connectivity index (χ4v) is 2.03. The molecular formula is C10H17NO3. The molecule has 0 radical (unpaired) electrons. The van der Waals surface area contributed by atoms with Gasteiger partial charge in [-0.2, -0.15) is 0 Å². The first kappa shape index (κ1) is 11.1. The van der Waals surface area contributed by atoms with Crippen molar-refractivity contribution in [2.24, 2.45) is 5.41 Å². The van der Waals surface area contributed by atoms with Crippen molar-refractivity contribution in [2.75, 3.05) is 0 Å². The third kappa shape index (κ3) is 1.65. The van der Waals surface area contributed by atoms with E-state index in [1.807, 2.05) is 6.92 Å². The smallest absolute Gasteiger partial charge is 0.222 e. The molecule has 1 atom stereocenters. The number of hydrogen-bond acceptors (Lipinski definition) is 3. The number of nitrogens with zero attached hydrogens (tertiary/aromatic N) is 1. The van der Waals surface area contributed by atoms with Crippen LogP contribution in [0, 0.1) is 15.5 Å². The molecule has 1 saturated carbocycles. The Labute approximate surface area is 83.8 Å². The fraction of sp³-hybridized carbons (Fsp3) is 0.900. The van der Waals surface area contributed by atoms with Gasteiger partial charge in [0.2, 0.25) is 5.54 Å². The Morgan fingerprint density at radius 3 is 2.50 bits per heavy atom. The molecule has 0 aromatic rings. The van der Waals surface area contributed by atoms with Crippen LogP contribution < -0.4 is 0 Å². The maximum atomic E-state index is 11.3. The van der Waals surface area contributed by atoms with Crippen molar-refractivity contribution in [3.63, 3.8) is 0 Å². The summed E-state index contributed by atoms with van der Waals surface area (Å²) < 4.78 is 0. The van der Waals surface area contributed by atoms with Crippen LogP contribution in [0.25, 0.3) is 0 Å². The summed E-state index contributed by atoms with van der Waals surface area (Å²) >= 11 is 0. The second kappa shape index (κ2) is 3.33. The molecule has 1 aliphatic carbocycles. The Morgan fingerprint density at radius 2 is 2.07 bits per heavy atom. The van der Waals surface area contributed by atoms with E-state index in [1.54, 1.807) is 13.8 Å². The third-order valence-electron chi connectivity index (χ3n) is 3.70. The lowest BCUT2D eigenvalue weighted by Gasteiger charge is -2.39. The zero-order valence-corrected chi connectivity index (χ0v) is 9.00. The van der Waals surface area contributed by atoms with Gasteiger partial charge in [0.05, 0.1) is 0 Å². The Morgan fingerprint density at radius 1 is 1.50 bits per heavy atom. The normalized spacial score (nSPS) is 28.9. The van der Waals surface area contributed by atoms with Crippen molar-refractivity contribution in [3.8, 4) is 0 Å². The van der Waals surface area contributed by atoms with E-state index in [4.69, 9.17) is 0 Å². The van der Waals surface area contributed by atoms with Gasteiger partial charge >= 0.3 is 0 Å². The zero-order chi connectivity index (χ0) is 11.0. The van der Waals surface area contributed by atoms with E-state index in [-0.39, 0.29) is 10.7 Å². The summed E-state index contributed by atoms with van der Waals surface area (Å²) in [5, 5.41) is 10.9. The monoisotopic (exact) mass is 199 g/mol. The molecule has 0 amide bonds. The van der Waals surface area contributed by atoms with Crippen LogP contribution in [-0.4, -0.2) is 16.2 Å². The predicted octanol–water partition coefficient (Wildman–Crippen LogP) is 2.19. The van der Waals surface area contributed by atoms with Crippen LogP contribution in [0.15, 0.2) is 0 Å². The summed E-state index contributed by atoms with van der Waals surface area (Å²) in [6.45, 7) is 5.09. The SMILES string of the molecule is CC(C)([N+](=O)[O-])[C@]1(C)CCCC(=O)C1. The van der Waals surface area contributed by atoms with Crippen LogP contribution in [0.5, 0.6) is 0 Å². The summed E-state index contributed by atoms with van der Waals surface area (Å²) in [4.78, 5) is 22.0. The highest BCUT2D eigenvalue weighted by molar-refractivity contribution is 5.80. The Kier molecular flexibility index (Phi) is 2.65. The molecule has 80 valence electrons. The van der Waals surface area contributed by atoms with Crippen LogP contribution in [0.1, 0.15) is 46.5 Å². The molecular weight excluding hydrogens is 182 g/mol. The van der Waals surface area contributed by atoms with Crippen LogP contribution in [-0.2, 0) is 4.79 Å². The molecule has 1 aliphatic rings. The second-order valence-electron chi connectivity index (χ2n) is 4.95. The predicted molar refractivity (Wildman–Crippen MR) is 52.7 cm³/mol. The van der Waals surface area contributed by atoms with Gasteiger partial charge in [-0.1, -0.05) is 6.92 Å². The highest BCUT2D eigenvalue weighted by atomic mass is 16.6. The molecule has 4 heteroatoms. The number of carbonyl (C=O) groups excluding carboxylic acids is 1. The first-order chi connectivity index (χ1) is 6.29. The summed E-state index contributed by atoms with van der Waals surface area (Å²) in [5.74, 6) is 0.161. The molecule has 1 rings (SSSR count). The van der Waals surface area contributed by atoms with E-state index in [0.29, 0.717) is 12.8 Å². The highest BCUT2D eigenvalue weighted by Crippen LogP contribution is 2.44. The summed E-state index contributed by atoms with van der Waals surface area (Å²) in [6.07, 6.45) is 2.49. The van der Waals surface area contributed by atoms with Gasteiger partial charge in [0.1, 0.15) is 5.78 Å². The first-order valence-corrected chi connectivity index (χ1v) is 4.96. The summed E-state index contributed by atoms with van der Waals surface area (Å²) in [6, 6.07) is 0. The zero-order valence-electron chi connectivity index (χ0n) is 9.00. The van der Waals surface area contributed by atoms with Gasteiger partial charge in [0.25, 0.3) is 0 Å². The van der Waals surface area contributed by atoms with Crippen molar-refractivity contribution >= 4 is 5.78 Å². The highest BCUT2D eigenvalue weighted by Gasteiger charge is 2.52. The van der Waals surface area contributed by atoms with Crippen molar-refractivity contribution in [3.05, 3.63) is 10.1 Å². The quantitative estimate of drug-likeness (QED) is 0.506. The Balaban J connectivity index is 2.93. The third-order valence-corrected chi connectivity index (χ3v) is 3.70. The topological polar surface area (TPSA) is 60.2 Å². The van der Waals surface area contributed by atoms with Crippen LogP contribution in [0.4, 0.5) is 0 Å². The van der Waals surface area contributed by atoms with E-state index in [9.17, 15) is 14.9 Å². The Bertz CT molecular complexity index is 273. The van der Waals surface area contributed by atoms with Crippen LogP contribution in [0.2, 0.25) is 0 Å². The number of nitro groups is 1. The molecule has 0 aromatic carbocycles. The van der Waals surface area contributed by atoms with E-state index in [1.165, 1.54) is 0 Å². The van der Waals surface area contributed by atoms with Crippen LogP contribution >= 0.6 is 0 Å². The second-order valence-corrected chi connectivity index (χ2v) is 4.95. The van der Waals surface area contributed by atoms with Crippen molar-refractivity contribution in [2.45, 2.75) is 52.0 Å². The van der Waals surface area contributed by atoms with E-state index in [2.05, 4.69) is 0 Å². The lowest BCUT2D eigenvalue weighted by atomic mass is 9.64. The average Bonchev–Trinajstić information content (AvgIpc) is 2.03. The molecule has 0 N–H and O–H groups in total. The molecule has 0 aliphatic heterocycles. The maximum Gasteiger partial charge on any atom is 0.222 e. The number of hydrogen-bond donors (Lipinski definition) is 0. The number of Topliss-reactive ketones (excluding diaryl/α,β-unsaturated/α-hetero) is 1. The number of carbonyl (C=O) groups is 1. The van der Waals surface area contributed by atoms with Gasteiger partial charge in [0.15, 0.2) is 0 Å². The molecule has 1 fully saturated rings. The Hall–Kier alpha value is -0.930. The van der Waals surface area contributed by atoms with E-state index in [0.717, 1.165) is 12.8 Å². The molecule has 0 saturated heterocycles. The summed E-state index contributed by atoms with van der Waals surface area (Å²) in [7, 11) is 0. The fourth-order valence-electron chi connectivity index (χ4n) is 2.03. The van der Waals surface area contributed by atoms with Gasteiger partial charge < -0.3 is 0 Å². The van der Waals surface area contributed by atoms with Crippen molar-refractivity contribution in [1.29, 1.82) is 0 Å². The van der Waals surface area contributed by atoms with E-state index >= 15 is 0 Å². The molecule has 0 bridgehead atoms. The average molecular weight is 199 g/mol. The molecule has 4 nitrogen and oxygen atoms in total. The number of rotatable bonds is 2. The lowest BCUT2D eigenvalue weighted by molar-refractivity contribution is -0.582. The molecule has 0 aromatic heterocycles. The van der Waals surface area contributed by atoms with Gasteiger partial charge in [-0.3, -0.25) is 14.9 Å². The number of ketones is 1. The molecule has 14 heavy (non-hydrogen) atoms. The summed E-state index contributed by atoms with van der Waals surface area (Å²) in [5.41, 5.74) is -1.49. The lowest BCUT2D eigenvalue weighted by Crippen LogP contribution is -2.50. The van der Waals surface area contributed by atoms with Crippen LogP contribution in [0.3, 0.4) is 0 Å². The molecule has 0 heterocycles. The first-order valence-electron chi connectivity index (χ1n) is 4.96. The van der Waals surface area contributed by atoms with E-state index < -0.39 is 11.0 Å². The largest absolute Gasteiger partial charge is 0.300 e. The van der Waals surface area contributed by atoms with Crippen molar-refractivity contribution < 1.29 is 9.72 Å². The molecule has 0 unspecified atom stereocenters. The minimum atomic E-state index is -1.01. The minimum absolute atomic E-state index is 0.161. The molecule has 0 spiro atoms. The van der Waals surface area contributed by atoms with Gasteiger partial charge in [-0.05, 0) is 12.8 Å². The van der Waals surface area contributed by atoms with Gasteiger partial charge in [0, 0.05) is 37.0 Å². The van der Waals surface area contributed by atoms with Gasteiger partial charge in [-0.25, -0.2) is 0 Å². The standard InChI is InChI=1S/C10H17NO3/c1-9(2,11(13)14)10(3)6-4-5-8(12)7-10/h4-7H2,1-3H3/t10-/m1/s1.